The smallest absolute Gasteiger partial charge is 0.410 e. The molecule has 0 unspecified atom stereocenters. The van der Waals surface area contributed by atoms with E-state index in [0.717, 1.165) is 20.5 Å². The average molecular weight is 616 g/mol. The van der Waals surface area contributed by atoms with Gasteiger partial charge < -0.3 is 19.8 Å². The zero-order valence-electron chi connectivity index (χ0n) is 25.4. The van der Waals surface area contributed by atoms with Crippen molar-refractivity contribution in [1.82, 2.24) is 19.7 Å². The molecule has 3 aromatic heterocycles. The number of aryl methyl sites for hydroxylation is 1. The Morgan fingerprint density at radius 3 is 2.75 bits per heavy atom. The number of phenols is 1. The fourth-order valence-electron chi connectivity index (χ4n) is 5.22. The molecule has 1 fully saturated rings. The number of unbranched alkanes of at least 4 members (excludes halogenated alkanes) is 1. The zero-order valence-corrected chi connectivity index (χ0v) is 26.2. The molecule has 1 aromatic carbocycles. The van der Waals surface area contributed by atoms with Crippen molar-refractivity contribution in [2.75, 3.05) is 24.6 Å². The quantitative estimate of drug-likeness (QED) is 0.215. The number of aliphatic hydroxyl groups is 1. The summed E-state index contributed by atoms with van der Waals surface area (Å²) in [5.74, 6) is 6.36. The summed E-state index contributed by atoms with van der Waals surface area (Å²) in [6, 6.07) is 8.32. The second kappa shape index (κ2) is 13.1. The number of pyridine rings is 1. The molecule has 0 saturated carbocycles. The van der Waals surface area contributed by atoms with Crippen molar-refractivity contribution in [2.24, 2.45) is 7.05 Å². The summed E-state index contributed by atoms with van der Waals surface area (Å²) < 4.78 is 8.23. The van der Waals surface area contributed by atoms with E-state index in [4.69, 9.17) is 14.8 Å². The minimum atomic E-state index is -0.647. The highest BCUT2D eigenvalue weighted by Crippen LogP contribution is 2.36. The second-order valence-electron chi connectivity index (χ2n) is 11.8. The molecule has 10 nitrogen and oxygen atoms in total. The lowest BCUT2D eigenvalue weighted by Gasteiger charge is -2.39. The van der Waals surface area contributed by atoms with E-state index in [-0.39, 0.29) is 30.9 Å². The Bertz CT molecular complexity index is 1730. The predicted molar refractivity (Wildman–Crippen MR) is 171 cm³/mol. The van der Waals surface area contributed by atoms with Crippen molar-refractivity contribution in [1.29, 1.82) is 0 Å². The minimum Gasteiger partial charge on any atom is -0.507 e. The normalized spacial score (nSPS) is 15.1. The van der Waals surface area contributed by atoms with E-state index in [1.165, 1.54) is 17.4 Å². The summed E-state index contributed by atoms with van der Waals surface area (Å²) in [5.41, 5.74) is 0.949. The Labute approximate surface area is 260 Å². The Morgan fingerprint density at radius 1 is 1.23 bits per heavy atom. The maximum Gasteiger partial charge on any atom is 0.410 e. The van der Waals surface area contributed by atoms with Crippen LogP contribution in [-0.2, 0) is 11.8 Å². The number of rotatable bonds is 6. The van der Waals surface area contributed by atoms with Crippen LogP contribution < -0.4 is 4.90 Å². The van der Waals surface area contributed by atoms with Crippen molar-refractivity contribution < 1.29 is 24.5 Å². The number of aliphatic hydroxyl groups excluding tert-OH is 1. The molecule has 1 aliphatic heterocycles. The van der Waals surface area contributed by atoms with Gasteiger partial charge in [-0.25, -0.2) is 9.78 Å². The SMILES string of the molecule is Cn1cc(-c2ccc(C(=O)N(c3nccc4sc(C#CCCCO)cc34)[C@@H]3CCCN(C(=O)OC(C)(C)C)C3)cc2O)cn1. The maximum atomic E-state index is 14.4. The van der Waals surface area contributed by atoms with Crippen LogP contribution in [0.4, 0.5) is 10.6 Å². The van der Waals surface area contributed by atoms with E-state index >= 15 is 0 Å². The van der Waals surface area contributed by atoms with Gasteiger partial charge in [-0.05, 0) is 70.4 Å². The van der Waals surface area contributed by atoms with E-state index in [1.807, 2.05) is 32.9 Å². The number of phenolic OH excluding ortho intramolecular Hbond substituents is 1. The van der Waals surface area contributed by atoms with Gasteiger partial charge in [0.2, 0.25) is 0 Å². The molecular weight excluding hydrogens is 578 g/mol. The summed E-state index contributed by atoms with van der Waals surface area (Å²) in [5, 5.41) is 25.0. The molecule has 5 rings (SSSR count). The largest absolute Gasteiger partial charge is 0.507 e. The van der Waals surface area contributed by atoms with Crippen LogP contribution in [0.5, 0.6) is 5.75 Å². The molecule has 1 atom stereocenters. The van der Waals surface area contributed by atoms with Crippen molar-refractivity contribution >= 4 is 39.2 Å². The number of nitrogens with zero attached hydrogens (tertiary/aromatic N) is 5. The maximum absolute atomic E-state index is 14.4. The highest BCUT2D eigenvalue weighted by molar-refractivity contribution is 7.19. The number of ether oxygens (including phenoxy) is 1. The molecule has 0 bridgehead atoms. The van der Waals surface area contributed by atoms with Crippen LogP contribution >= 0.6 is 11.3 Å². The number of anilines is 1. The molecular formula is C33H37N5O5S. The predicted octanol–water partition coefficient (Wildman–Crippen LogP) is 5.57. The molecule has 2 N–H and O–H groups in total. The number of amides is 2. The molecule has 1 saturated heterocycles. The molecule has 4 heterocycles. The number of carbonyl (C=O) groups excluding carboxylic acids is 2. The minimum absolute atomic E-state index is 0.0371. The van der Waals surface area contributed by atoms with E-state index in [0.29, 0.717) is 49.2 Å². The van der Waals surface area contributed by atoms with Crippen LogP contribution in [0, 0.1) is 11.8 Å². The number of hydrogen-bond acceptors (Lipinski definition) is 8. The molecule has 0 spiro atoms. The Balaban J connectivity index is 1.54. The monoisotopic (exact) mass is 615 g/mol. The van der Waals surface area contributed by atoms with Gasteiger partial charge in [0.15, 0.2) is 0 Å². The van der Waals surface area contributed by atoms with E-state index < -0.39 is 11.7 Å². The molecule has 0 radical (unpaired) electrons. The number of thiophene rings is 1. The van der Waals surface area contributed by atoms with Crippen molar-refractivity contribution in [3.05, 3.63) is 59.4 Å². The number of benzene rings is 1. The fraction of sp³-hybridized carbons (Fsp3) is 0.394. The lowest BCUT2D eigenvalue weighted by Crippen LogP contribution is -2.53. The lowest BCUT2D eigenvalue weighted by molar-refractivity contribution is 0.0196. The number of piperidine rings is 1. The summed E-state index contributed by atoms with van der Waals surface area (Å²) in [6.07, 6.45) is 7.23. The van der Waals surface area contributed by atoms with Gasteiger partial charge in [0.05, 0.1) is 17.1 Å². The highest BCUT2D eigenvalue weighted by atomic mass is 32.1. The number of aromatic nitrogens is 3. The van der Waals surface area contributed by atoms with Crippen LogP contribution in [0.2, 0.25) is 0 Å². The van der Waals surface area contributed by atoms with Crippen LogP contribution in [0.3, 0.4) is 0 Å². The van der Waals surface area contributed by atoms with Crippen molar-refractivity contribution in [2.45, 2.75) is 58.1 Å². The number of likely N-dealkylation sites (tertiary alicyclic amines) is 1. The van der Waals surface area contributed by atoms with Gasteiger partial charge >= 0.3 is 6.09 Å². The highest BCUT2D eigenvalue weighted by Gasteiger charge is 2.35. The number of carbonyl (C=O) groups is 2. The van der Waals surface area contributed by atoms with Gasteiger partial charge in [-0.1, -0.05) is 11.8 Å². The Kier molecular flexibility index (Phi) is 9.22. The summed E-state index contributed by atoms with van der Waals surface area (Å²) >= 11 is 1.51. The number of hydrogen-bond donors (Lipinski definition) is 2. The van der Waals surface area contributed by atoms with E-state index in [2.05, 4.69) is 16.9 Å². The van der Waals surface area contributed by atoms with E-state index in [9.17, 15) is 14.7 Å². The van der Waals surface area contributed by atoms with Gasteiger partial charge in [0, 0.05) is 72.3 Å². The summed E-state index contributed by atoms with van der Waals surface area (Å²) in [4.78, 5) is 36.3. The molecule has 11 heteroatoms. The summed E-state index contributed by atoms with van der Waals surface area (Å²) in [6.45, 7) is 6.38. The second-order valence-corrected chi connectivity index (χ2v) is 12.9. The first-order chi connectivity index (χ1) is 21.0. The van der Waals surface area contributed by atoms with E-state index in [1.54, 1.807) is 52.3 Å². The standard InChI is InChI=1S/C33H37N5O5S/c1-33(2,3)43-32(42)37-15-8-9-24(21-37)38(30-27-18-25(10-6-5-7-16-39)44-29(27)13-14-34-30)31(41)22-11-12-26(28(40)17-22)23-19-35-36(4)20-23/h11-14,17-20,24,39-40H,5,7-9,15-16,21H2,1-4H3/t24-/m1/s1. The van der Waals surface area contributed by atoms with Crippen molar-refractivity contribution in [3.8, 4) is 28.7 Å². The fourth-order valence-corrected chi connectivity index (χ4v) is 6.15. The van der Waals surface area contributed by atoms with Gasteiger partial charge in [-0.15, -0.1) is 11.3 Å². The van der Waals surface area contributed by atoms with Crippen LogP contribution in [0.15, 0.2) is 48.9 Å². The third-order valence-electron chi connectivity index (χ3n) is 7.22. The third-order valence-corrected chi connectivity index (χ3v) is 8.23. The molecule has 4 aromatic rings. The van der Waals surface area contributed by atoms with Gasteiger partial charge in [-0.3, -0.25) is 14.4 Å². The Morgan fingerprint density at radius 2 is 2.05 bits per heavy atom. The first-order valence-corrected chi connectivity index (χ1v) is 15.5. The van der Waals surface area contributed by atoms with Gasteiger partial charge in [0.1, 0.15) is 17.2 Å². The topological polar surface area (TPSA) is 121 Å². The number of fused-ring (bicyclic) bond motifs is 1. The van der Waals surface area contributed by atoms with Crippen LogP contribution in [0.1, 0.15) is 61.7 Å². The van der Waals surface area contributed by atoms with Gasteiger partial charge in [0.25, 0.3) is 5.91 Å². The first kappa shape index (κ1) is 31.0. The Hall–Kier alpha value is -4.40. The van der Waals surface area contributed by atoms with Gasteiger partial charge in [-0.2, -0.15) is 5.10 Å². The van der Waals surface area contributed by atoms with Crippen molar-refractivity contribution in [3.63, 3.8) is 0 Å². The molecule has 44 heavy (non-hydrogen) atoms. The van der Waals surface area contributed by atoms with Crippen LogP contribution in [0.25, 0.3) is 21.2 Å². The third kappa shape index (κ3) is 7.04. The molecule has 2 amide bonds. The zero-order chi connectivity index (χ0) is 31.4. The van der Waals surface area contributed by atoms with Crippen LogP contribution in [-0.4, -0.2) is 73.2 Å². The average Bonchev–Trinajstić information content (AvgIpc) is 3.61. The molecule has 1 aliphatic rings. The molecule has 230 valence electrons. The summed E-state index contributed by atoms with van der Waals surface area (Å²) in [7, 11) is 1.80. The first-order valence-electron chi connectivity index (χ1n) is 14.7. The lowest BCUT2D eigenvalue weighted by atomic mass is 10.0. The molecule has 0 aliphatic carbocycles. The number of aromatic hydroxyl groups is 1.